The van der Waals surface area contributed by atoms with E-state index in [1.54, 1.807) is 25.2 Å². The summed E-state index contributed by atoms with van der Waals surface area (Å²) in [5.74, 6) is 2.69. The predicted octanol–water partition coefficient (Wildman–Crippen LogP) is 3.30. The Bertz CT molecular complexity index is 1100. The van der Waals surface area contributed by atoms with Gasteiger partial charge in [-0.3, -0.25) is 4.79 Å². The van der Waals surface area contributed by atoms with Crippen LogP contribution in [0.2, 0.25) is 0 Å². The van der Waals surface area contributed by atoms with E-state index in [-0.39, 0.29) is 11.7 Å². The Morgan fingerprint density at radius 3 is 2.79 bits per heavy atom. The minimum Gasteiger partial charge on any atom is -0.493 e. The van der Waals surface area contributed by atoms with Crippen molar-refractivity contribution in [3.8, 4) is 11.5 Å². The Hall–Kier alpha value is -3.55. The minimum absolute atomic E-state index is 0.0280. The molecule has 29 heavy (non-hydrogen) atoms. The van der Waals surface area contributed by atoms with E-state index >= 15 is 0 Å². The number of nitrogens with one attached hydrogen (secondary N) is 1. The molecule has 1 aliphatic carbocycles. The molecule has 0 saturated heterocycles. The molecule has 0 saturated carbocycles. The molecule has 2 aliphatic rings. The highest BCUT2D eigenvalue weighted by Crippen LogP contribution is 2.44. The second kappa shape index (κ2) is 6.80. The van der Waals surface area contributed by atoms with Gasteiger partial charge in [0.15, 0.2) is 17.3 Å². The van der Waals surface area contributed by atoms with Gasteiger partial charge in [0.1, 0.15) is 18.1 Å². The summed E-state index contributed by atoms with van der Waals surface area (Å²) in [5, 5.41) is 7.61. The van der Waals surface area contributed by atoms with E-state index in [1.807, 2.05) is 30.3 Å². The second-order valence-corrected chi connectivity index (χ2v) is 7.11. The third kappa shape index (κ3) is 2.79. The van der Waals surface area contributed by atoms with Crippen LogP contribution in [0.5, 0.6) is 11.5 Å². The molecule has 3 heterocycles. The van der Waals surface area contributed by atoms with Crippen molar-refractivity contribution in [2.75, 3.05) is 19.5 Å². The van der Waals surface area contributed by atoms with Crippen LogP contribution < -0.4 is 14.8 Å². The molecule has 0 radical (unpaired) electrons. The number of carbonyl (C=O) groups is 1. The molecular weight excluding hydrogens is 372 g/mol. The van der Waals surface area contributed by atoms with Crippen molar-refractivity contribution in [3.05, 3.63) is 65.5 Å². The highest BCUT2D eigenvalue weighted by Gasteiger charge is 2.40. The van der Waals surface area contributed by atoms with Crippen LogP contribution in [-0.2, 0) is 4.79 Å². The minimum atomic E-state index is -0.405. The number of ether oxygens (including phenoxy) is 2. The lowest BCUT2D eigenvalue weighted by molar-refractivity contribution is -0.116. The predicted molar refractivity (Wildman–Crippen MR) is 104 cm³/mol. The Morgan fingerprint density at radius 1 is 1.17 bits per heavy atom. The third-order valence-corrected chi connectivity index (χ3v) is 5.55. The van der Waals surface area contributed by atoms with E-state index in [1.165, 1.54) is 6.33 Å². The number of hydrogen-bond donors (Lipinski definition) is 1. The van der Waals surface area contributed by atoms with Crippen LogP contribution in [0.4, 0.5) is 5.95 Å². The first-order valence-electron chi connectivity index (χ1n) is 9.37. The first-order valence-corrected chi connectivity index (χ1v) is 9.37. The molecule has 148 valence electrons. The van der Waals surface area contributed by atoms with Gasteiger partial charge in [0.2, 0.25) is 5.95 Å². The zero-order chi connectivity index (χ0) is 20.0. The molecule has 2 aromatic heterocycles. The standard InChI is InChI=1S/C21H20N4O4/c1-27-16-6-5-12(10-18(16)28-2)13-8-14-19(15(26)9-13)20(17-4-3-7-29-17)25-21(24-14)22-11-23-25/h3-7,10-11,13,20H,8-9H2,1-2H3,(H,22,23,24)/t13-,20-/m1/s1. The number of anilines is 1. The van der Waals surface area contributed by atoms with Crippen molar-refractivity contribution in [2.45, 2.75) is 24.8 Å². The third-order valence-electron chi connectivity index (χ3n) is 5.55. The molecule has 1 aromatic carbocycles. The Balaban J connectivity index is 1.54. The SMILES string of the molecule is COc1ccc([C@H]2CC(=O)C3=C(C2)Nc2ncnn2[C@@H]3c2ccco2)cc1OC. The average molecular weight is 392 g/mol. The second-order valence-electron chi connectivity index (χ2n) is 7.11. The van der Waals surface area contributed by atoms with Crippen LogP contribution in [0.3, 0.4) is 0 Å². The molecular formula is C21H20N4O4. The lowest BCUT2D eigenvalue weighted by Crippen LogP contribution is -2.33. The Kier molecular flexibility index (Phi) is 4.12. The summed E-state index contributed by atoms with van der Waals surface area (Å²) in [6, 6.07) is 9.07. The van der Waals surface area contributed by atoms with Crippen molar-refractivity contribution in [2.24, 2.45) is 0 Å². The highest BCUT2D eigenvalue weighted by atomic mass is 16.5. The average Bonchev–Trinajstić information content (AvgIpc) is 3.43. The molecule has 0 bridgehead atoms. The van der Waals surface area contributed by atoms with Crippen LogP contribution in [0, 0.1) is 0 Å². The zero-order valence-corrected chi connectivity index (χ0v) is 16.1. The molecule has 3 aromatic rings. The van der Waals surface area contributed by atoms with Crippen molar-refractivity contribution < 1.29 is 18.7 Å². The first kappa shape index (κ1) is 17.5. The molecule has 2 atom stereocenters. The first-order chi connectivity index (χ1) is 14.2. The lowest BCUT2D eigenvalue weighted by atomic mass is 9.78. The molecule has 0 spiro atoms. The van der Waals surface area contributed by atoms with E-state index < -0.39 is 6.04 Å². The summed E-state index contributed by atoms with van der Waals surface area (Å²) in [6.07, 6.45) is 4.17. The van der Waals surface area contributed by atoms with E-state index in [2.05, 4.69) is 15.4 Å². The van der Waals surface area contributed by atoms with Gasteiger partial charge in [0.05, 0.1) is 20.5 Å². The van der Waals surface area contributed by atoms with E-state index in [9.17, 15) is 4.79 Å². The van der Waals surface area contributed by atoms with Crippen LogP contribution in [0.1, 0.15) is 36.1 Å². The van der Waals surface area contributed by atoms with Crippen molar-refractivity contribution in [1.29, 1.82) is 0 Å². The quantitative estimate of drug-likeness (QED) is 0.728. The fraction of sp³-hybridized carbons (Fsp3) is 0.286. The van der Waals surface area contributed by atoms with Gasteiger partial charge in [-0.05, 0) is 42.2 Å². The van der Waals surface area contributed by atoms with Crippen molar-refractivity contribution in [1.82, 2.24) is 14.8 Å². The van der Waals surface area contributed by atoms with Crippen LogP contribution >= 0.6 is 0 Å². The van der Waals surface area contributed by atoms with Gasteiger partial charge < -0.3 is 19.2 Å². The van der Waals surface area contributed by atoms with E-state index in [4.69, 9.17) is 13.9 Å². The molecule has 1 aliphatic heterocycles. The largest absolute Gasteiger partial charge is 0.493 e. The number of nitrogens with zero attached hydrogens (tertiary/aromatic N) is 3. The molecule has 0 unspecified atom stereocenters. The van der Waals surface area contributed by atoms with Gasteiger partial charge in [-0.15, -0.1) is 0 Å². The van der Waals surface area contributed by atoms with Gasteiger partial charge >= 0.3 is 0 Å². The number of carbonyl (C=O) groups excluding carboxylic acids is 1. The summed E-state index contributed by atoms with van der Waals surface area (Å²) >= 11 is 0. The smallest absolute Gasteiger partial charge is 0.226 e. The van der Waals surface area contributed by atoms with Gasteiger partial charge in [0, 0.05) is 17.7 Å². The van der Waals surface area contributed by atoms with Gasteiger partial charge in [-0.2, -0.15) is 10.1 Å². The van der Waals surface area contributed by atoms with Gasteiger partial charge in [-0.25, -0.2) is 4.68 Å². The fourth-order valence-electron chi connectivity index (χ4n) is 4.20. The zero-order valence-electron chi connectivity index (χ0n) is 16.1. The van der Waals surface area contributed by atoms with Crippen LogP contribution in [0.25, 0.3) is 0 Å². The van der Waals surface area contributed by atoms with E-state index in [0.717, 1.165) is 11.3 Å². The number of hydrogen-bond acceptors (Lipinski definition) is 7. The Labute approximate surface area is 167 Å². The number of fused-ring (bicyclic) bond motifs is 1. The maximum atomic E-state index is 13.3. The Morgan fingerprint density at radius 2 is 2.03 bits per heavy atom. The lowest BCUT2D eigenvalue weighted by Gasteiger charge is -2.34. The fourth-order valence-corrected chi connectivity index (χ4v) is 4.20. The number of ketones is 1. The summed E-state index contributed by atoms with van der Waals surface area (Å²) < 4.78 is 18.1. The number of furan rings is 1. The normalized spacial score (nSPS) is 20.7. The van der Waals surface area contributed by atoms with Crippen LogP contribution in [-0.4, -0.2) is 34.8 Å². The monoisotopic (exact) mass is 392 g/mol. The van der Waals surface area contributed by atoms with Crippen LogP contribution in [0.15, 0.2) is 58.6 Å². The van der Waals surface area contributed by atoms with E-state index in [0.29, 0.717) is 41.6 Å². The number of Topliss-reactive ketones (excluding diaryl/α,β-unsaturated/α-hetero) is 1. The maximum absolute atomic E-state index is 13.3. The number of benzene rings is 1. The molecule has 0 fully saturated rings. The number of allylic oxidation sites excluding steroid dienone is 2. The summed E-state index contributed by atoms with van der Waals surface area (Å²) in [6.45, 7) is 0. The maximum Gasteiger partial charge on any atom is 0.226 e. The molecule has 1 N–H and O–H groups in total. The van der Waals surface area contributed by atoms with Crippen molar-refractivity contribution in [3.63, 3.8) is 0 Å². The number of rotatable bonds is 4. The topological polar surface area (TPSA) is 91.4 Å². The molecule has 0 amide bonds. The molecule has 8 nitrogen and oxygen atoms in total. The molecule has 8 heteroatoms. The van der Waals surface area contributed by atoms with Gasteiger partial charge in [-0.1, -0.05) is 6.07 Å². The molecule has 5 rings (SSSR count). The number of methoxy groups -OCH3 is 2. The summed E-state index contributed by atoms with van der Waals surface area (Å²) in [5.41, 5.74) is 2.59. The highest BCUT2D eigenvalue weighted by molar-refractivity contribution is 6.00. The van der Waals surface area contributed by atoms with Gasteiger partial charge in [0.25, 0.3) is 0 Å². The summed E-state index contributed by atoms with van der Waals surface area (Å²) in [4.78, 5) is 17.6. The van der Waals surface area contributed by atoms with Crippen molar-refractivity contribution >= 4 is 11.7 Å². The summed E-state index contributed by atoms with van der Waals surface area (Å²) in [7, 11) is 3.22. The number of aromatic nitrogens is 3.